The number of aromatic nitrogens is 2. The molecule has 0 aliphatic rings. The van der Waals surface area contributed by atoms with E-state index in [0.717, 1.165) is 22.5 Å². The summed E-state index contributed by atoms with van der Waals surface area (Å²) in [6, 6.07) is 8.91. The maximum absolute atomic E-state index is 11.0. The predicted molar refractivity (Wildman–Crippen MR) is 92.6 cm³/mol. The van der Waals surface area contributed by atoms with Crippen LogP contribution in [-0.2, 0) is 11.2 Å². The fourth-order valence-electron chi connectivity index (χ4n) is 2.07. The van der Waals surface area contributed by atoms with E-state index < -0.39 is 12.0 Å². The van der Waals surface area contributed by atoms with Crippen LogP contribution in [0.4, 0.5) is 0 Å². The van der Waals surface area contributed by atoms with Crippen LogP contribution in [0.25, 0.3) is 10.2 Å². The van der Waals surface area contributed by atoms with Gasteiger partial charge >= 0.3 is 0 Å². The Morgan fingerprint density at radius 1 is 1.21 bits per heavy atom. The Kier molecular flexibility index (Phi) is 4.61. The molecule has 0 aliphatic heterocycles. The van der Waals surface area contributed by atoms with Crippen molar-refractivity contribution in [3.05, 3.63) is 41.5 Å². The summed E-state index contributed by atoms with van der Waals surface area (Å²) in [6.45, 7) is 3.61. The van der Waals surface area contributed by atoms with Crippen LogP contribution in [0.15, 0.2) is 35.7 Å². The monoisotopic (exact) mass is 343 g/mol. The average molecular weight is 343 g/mol. The van der Waals surface area contributed by atoms with Gasteiger partial charge in [0.05, 0.1) is 5.39 Å². The van der Waals surface area contributed by atoms with E-state index in [1.54, 1.807) is 42.5 Å². The Balaban J connectivity index is 1.81. The number of carbonyl (C=O) groups is 1. The molecule has 2 heterocycles. The number of hydrogen-bond donors (Lipinski definition) is 1. The molecule has 2 N–H and O–H groups in total. The van der Waals surface area contributed by atoms with Crippen molar-refractivity contribution >= 4 is 27.5 Å². The molecule has 0 fully saturated rings. The predicted octanol–water partition coefficient (Wildman–Crippen LogP) is 3.30. The van der Waals surface area contributed by atoms with Crippen molar-refractivity contribution in [2.24, 2.45) is 5.73 Å². The molecule has 3 rings (SSSR count). The topological polar surface area (TPSA) is 87.3 Å². The van der Waals surface area contributed by atoms with Gasteiger partial charge in [0.1, 0.15) is 22.2 Å². The van der Waals surface area contributed by atoms with Gasteiger partial charge in [-0.25, -0.2) is 4.98 Å². The highest BCUT2D eigenvalue weighted by Gasteiger charge is 2.12. The van der Waals surface area contributed by atoms with Gasteiger partial charge in [-0.15, -0.1) is 11.3 Å². The largest absolute Gasteiger partial charge is 0.481 e. The van der Waals surface area contributed by atoms with Gasteiger partial charge in [-0.2, -0.15) is 4.98 Å². The van der Waals surface area contributed by atoms with Crippen molar-refractivity contribution in [2.75, 3.05) is 0 Å². The standard InChI is InChI=1S/C17H17N3O3S/c1-3-14-19-16(13-8-9-24-17(13)20-14)23-12-6-4-11(5-7-12)22-10(2)15(18)21/h4-10H,3H2,1-2H3,(H2,18,21). The number of aryl methyl sites for hydroxylation is 1. The molecule has 0 spiro atoms. The zero-order valence-corrected chi connectivity index (χ0v) is 14.2. The zero-order chi connectivity index (χ0) is 17.1. The van der Waals surface area contributed by atoms with Crippen LogP contribution in [0, 0.1) is 0 Å². The van der Waals surface area contributed by atoms with E-state index in [-0.39, 0.29) is 0 Å². The Hall–Kier alpha value is -2.67. The third-order valence-electron chi connectivity index (χ3n) is 3.40. The number of thiophene rings is 1. The first-order valence-corrected chi connectivity index (χ1v) is 8.42. The summed E-state index contributed by atoms with van der Waals surface area (Å²) in [4.78, 5) is 20.9. The van der Waals surface area contributed by atoms with Gasteiger partial charge in [0.2, 0.25) is 5.88 Å². The average Bonchev–Trinajstić information content (AvgIpc) is 3.05. The summed E-state index contributed by atoms with van der Waals surface area (Å²) in [5.41, 5.74) is 5.18. The minimum absolute atomic E-state index is 0.511. The zero-order valence-electron chi connectivity index (χ0n) is 13.4. The van der Waals surface area contributed by atoms with Crippen LogP contribution in [0.2, 0.25) is 0 Å². The molecule has 2 aromatic heterocycles. The number of amides is 1. The number of hydrogen-bond acceptors (Lipinski definition) is 6. The SMILES string of the molecule is CCc1nc(Oc2ccc(OC(C)C(N)=O)cc2)c2ccsc2n1. The van der Waals surface area contributed by atoms with Gasteiger partial charge in [-0.1, -0.05) is 6.92 Å². The molecule has 0 saturated heterocycles. The molecule has 24 heavy (non-hydrogen) atoms. The second-order valence-corrected chi connectivity index (χ2v) is 6.07. The van der Waals surface area contributed by atoms with Crippen LogP contribution >= 0.6 is 11.3 Å². The first-order chi connectivity index (χ1) is 11.6. The van der Waals surface area contributed by atoms with Crippen molar-refractivity contribution in [3.63, 3.8) is 0 Å². The Bertz CT molecular complexity index is 861. The molecule has 7 heteroatoms. The lowest BCUT2D eigenvalue weighted by Gasteiger charge is -2.12. The first kappa shape index (κ1) is 16.2. The van der Waals surface area contributed by atoms with E-state index in [9.17, 15) is 4.79 Å². The summed E-state index contributed by atoms with van der Waals surface area (Å²) < 4.78 is 11.3. The molecule has 124 valence electrons. The van der Waals surface area contributed by atoms with Crippen molar-refractivity contribution in [3.8, 4) is 17.4 Å². The lowest BCUT2D eigenvalue weighted by molar-refractivity contribution is -0.123. The smallest absolute Gasteiger partial charge is 0.258 e. The molecular formula is C17H17N3O3S. The van der Waals surface area contributed by atoms with E-state index >= 15 is 0 Å². The quantitative estimate of drug-likeness (QED) is 0.742. The van der Waals surface area contributed by atoms with E-state index in [1.807, 2.05) is 18.4 Å². The van der Waals surface area contributed by atoms with Crippen molar-refractivity contribution in [1.29, 1.82) is 0 Å². The highest BCUT2D eigenvalue weighted by Crippen LogP contribution is 2.31. The number of carbonyl (C=O) groups excluding carboxylic acids is 1. The van der Waals surface area contributed by atoms with Gasteiger partial charge in [0.15, 0.2) is 6.10 Å². The number of benzene rings is 1. The van der Waals surface area contributed by atoms with Gasteiger partial charge in [-0.3, -0.25) is 4.79 Å². The van der Waals surface area contributed by atoms with Crippen LogP contribution in [0.3, 0.4) is 0 Å². The molecule has 1 aromatic carbocycles. The molecule has 1 amide bonds. The third-order valence-corrected chi connectivity index (χ3v) is 4.21. The molecule has 0 saturated carbocycles. The molecule has 0 aliphatic carbocycles. The number of primary amides is 1. The minimum Gasteiger partial charge on any atom is -0.481 e. The van der Waals surface area contributed by atoms with Crippen LogP contribution < -0.4 is 15.2 Å². The third kappa shape index (κ3) is 3.46. The van der Waals surface area contributed by atoms with Gasteiger partial charge in [-0.05, 0) is 42.6 Å². The van der Waals surface area contributed by atoms with E-state index in [1.165, 1.54) is 0 Å². The Labute approximate surface area is 143 Å². The van der Waals surface area contributed by atoms with E-state index in [0.29, 0.717) is 17.4 Å². The maximum atomic E-state index is 11.0. The Morgan fingerprint density at radius 2 is 1.92 bits per heavy atom. The number of nitrogens with two attached hydrogens (primary N) is 1. The van der Waals surface area contributed by atoms with Crippen molar-refractivity contribution < 1.29 is 14.3 Å². The van der Waals surface area contributed by atoms with Crippen molar-refractivity contribution in [1.82, 2.24) is 9.97 Å². The van der Waals surface area contributed by atoms with Crippen LogP contribution in [0.1, 0.15) is 19.7 Å². The molecule has 1 unspecified atom stereocenters. The van der Waals surface area contributed by atoms with E-state index in [4.69, 9.17) is 15.2 Å². The lowest BCUT2D eigenvalue weighted by Crippen LogP contribution is -2.30. The summed E-state index contributed by atoms with van der Waals surface area (Å²) in [6.07, 6.45) is 0.0540. The number of fused-ring (bicyclic) bond motifs is 1. The van der Waals surface area contributed by atoms with Gasteiger partial charge in [0.25, 0.3) is 5.91 Å². The highest BCUT2D eigenvalue weighted by molar-refractivity contribution is 7.16. The summed E-state index contributed by atoms with van der Waals surface area (Å²) in [5.74, 6) is 1.95. The molecular weight excluding hydrogens is 326 g/mol. The fourth-order valence-corrected chi connectivity index (χ4v) is 2.84. The van der Waals surface area contributed by atoms with Crippen LogP contribution in [0.5, 0.6) is 17.4 Å². The number of rotatable bonds is 6. The second kappa shape index (κ2) is 6.84. The second-order valence-electron chi connectivity index (χ2n) is 5.17. The molecule has 1 atom stereocenters. The molecule has 0 bridgehead atoms. The normalized spacial score (nSPS) is 12.1. The van der Waals surface area contributed by atoms with E-state index in [2.05, 4.69) is 9.97 Å². The highest BCUT2D eigenvalue weighted by atomic mass is 32.1. The first-order valence-electron chi connectivity index (χ1n) is 7.55. The molecule has 3 aromatic rings. The van der Waals surface area contributed by atoms with Gasteiger partial charge < -0.3 is 15.2 Å². The number of nitrogens with zero attached hydrogens (tertiary/aromatic N) is 2. The summed E-state index contributed by atoms with van der Waals surface area (Å²) in [7, 11) is 0. The molecule has 6 nitrogen and oxygen atoms in total. The summed E-state index contributed by atoms with van der Waals surface area (Å²) in [5, 5.41) is 2.85. The minimum atomic E-state index is -0.684. The van der Waals surface area contributed by atoms with Crippen LogP contribution in [-0.4, -0.2) is 22.0 Å². The van der Waals surface area contributed by atoms with Crippen molar-refractivity contribution in [2.45, 2.75) is 26.4 Å². The van der Waals surface area contributed by atoms with Gasteiger partial charge in [0, 0.05) is 6.42 Å². The fraction of sp³-hybridized carbons (Fsp3) is 0.235. The lowest BCUT2D eigenvalue weighted by atomic mass is 10.3. The molecule has 0 radical (unpaired) electrons. The number of ether oxygens (including phenoxy) is 2. The summed E-state index contributed by atoms with van der Waals surface area (Å²) >= 11 is 1.56. The maximum Gasteiger partial charge on any atom is 0.258 e. The Morgan fingerprint density at radius 3 is 2.58 bits per heavy atom.